The Morgan fingerprint density at radius 3 is 2.31 bits per heavy atom. The predicted molar refractivity (Wildman–Crippen MR) is 146 cm³/mol. The Hall–Kier alpha value is -3.56. The quantitative estimate of drug-likeness (QED) is 0.264. The summed E-state index contributed by atoms with van der Waals surface area (Å²) in [6, 6.07) is 27.2. The Morgan fingerprint density at radius 2 is 1.50 bits per heavy atom. The minimum atomic E-state index is 0.0193. The maximum Gasteiger partial charge on any atom is 0.123 e. The minimum Gasteiger partial charge on any atom is -0.507 e. The smallest absolute Gasteiger partial charge is 0.123 e. The number of phenols is 1. The highest BCUT2D eigenvalue weighted by atomic mass is 16.5. The first-order chi connectivity index (χ1) is 17.7. The zero-order chi connectivity index (χ0) is 24.5. The van der Waals surface area contributed by atoms with Crippen molar-refractivity contribution in [2.45, 2.75) is 44.4 Å². The second-order valence-corrected chi connectivity index (χ2v) is 10.0. The molecule has 1 fully saturated rings. The van der Waals surface area contributed by atoms with Gasteiger partial charge in [-0.15, -0.1) is 0 Å². The Kier molecular flexibility index (Phi) is 6.25. The number of ether oxygens (including phenoxy) is 1. The number of rotatable bonds is 6. The van der Waals surface area contributed by atoms with E-state index >= 15 is 0 Å². The maximum absolute atomic E-state index is 10.7. The van der Waals surface area contributed by atoms with Crippen LogP contribution in [-0.4, -0.2) is 23.4 Å². The molecule has 0 radical (unpaired) electrons. The van der Waals surface area contributed by atoms with Gasteiger partial charge in [-0.1, -0.05) is 79.9 Å². The van der Waals surface area contributed by atoms with Gasteiger partial charge in [0.25, 0.3) is 0 Å². The van der Waals surface area contributed by atoms with Gasteiger partial charge in [-0.3, -0.25) is 0 Å². The molecule has 3 heteroatoms. The van der Waals surface area contributed by atoms with Gasteiger partial charge in [-0.2, -0.15) is 0 Å². The van der Waals surface area contributed by atoms with Gasteiger partial charge in [0, 0.05) is 5.56 Å². The SMILES string of the molecule is OCCOc1ccc(-c2ccc(-c3ccccc3O)c3c2Cc2ccccc2-3)cc1C1CCCCC1. The number of para-hydroxylation sites is 1. The lowest BCUT2D eigenvalue weighted by molar-refractivity contribution is 0.199. The Morgan fingerprint density at radius 1 is 0.750 bits per heavy atom. The molecule has 0 bridgehead atoms. The highest BCUT2D eigenvalue weighted by molar-refractivity contribution is 5.96. The van der Waals surface area contributed by atoms with Gasteiger partial charge in [-0.25, -0.2) is 0 Å². The van der Waals surface area contributed by atoms with Crippen molar-refractivity contribution in [3.05, 3.63) is 95.6 Å². The van der Waals surface area contributed by atoms with Crippen LogP contribution in [0.15, 0.2) is 78.9 Å². The van der Waals surface area contributed by atoms with E-state index in [1.807, 2.05) is 18.2 Å². The van der Waals surface area contributed by atoms with Crippen LogP contribution in [0.3, 0.4) is 0 Å². The lowest BCUT2D eigenvalue weighted by atomic mass is 9.82. The van der Waals surface area contributed by atoms with Gasteiger partial charge in [0.15, 0.2) is 0 Å². The van der Waals surface area contributed by atoms with Crippen molar-refractivity contribution in [1.82, 2.24) is 0 Å². The third-order valence-electron chi connectivity index (χ3n) is 7.88. The number of aliphatic hydroxyl groups is 1. The number of aromatic hydroxyl groups is 1. The molecule has 36 heavy (non-hydrogen) atoms. The van der Waals surface area contributed by atoms with Crippen molar-refractivity contribution in [2.24, 2.45) is 0 Å². The van der Waals surface area contributed by atoms with E-state index in [1.54, 1.807) is 6.07 Å². The number of aliphatic hydroxyl groups excluding tert-OH is 1. The summed E-state index contributed by atoms with van der Waals surface area (Å²) in [5.74, 6) is 1.71. The Bertz CT molecular complexity index is 1400. The van der Waals surface area contributed by atoms with Crippen molar-refractivity contribution in [1.29, 1.82) is 0 Å². The first-order valence-electron chi connectivity index (χ1n) is 13.1. The van der Waals surface area contributed by atoms with E-state index in [0.29, 0.717) is 18.3 Å². The molecule has 0 unspecified atom stereocenters. The second kappa shape index (κ2) is 9.83. The monoisotopic (exact) mass is 476 g/mol. The number of hydrogen-bond donors (Lipinski definition) is 2. The molecule has 0 aliphatic heterocycles. The molecule has 2 aliphatic carbocycles. The van der Waals surface area contributed by atoms with E-state index < -0.39 is 0 Å². The molecule has 0 aromatic heterocycles. The molecule has 1 saturated carbocycles. The van der Waals surface area contributed by atoms with Crippen LogP contribution in [0.4, 0.5) is 0 Å². The van der Waals surface area contributed by atoms with Crippen molar-refractivity contribution in [3.63, 3.8) is 0 Å². The maximum atomic E-state index is 10.7. The summed E-state index contributed by atoms with van der Waals surface area (Å²) in [5, 5.41) is 20.0. The van der Waals surface area contributed by atoms with Crippen molar-refractivity contribution < 1.29 is 14.9 Å². The van der Waals surface area contributed by atoms with Crippen LogP contribution in [0.1, 0.15) is 54.7 Å². The minimum absolute atomic E-state index is 0.0193. The van der Waals surface area contributed by atoms with Crippen molar-refractivity contribution >= 4 is 0 Å². The molecule has 0 amide bonds. The highest BCUT2D eigenvalue weighted by Crippen LogP contribution is 2.49. The summed E-state index contributed by atoms with van der Waals surface area (Å²) in [4.78, 5) is 0. The summed E-state index contributed by atoms with van der Waals surface area (Å²) < 4.78 is 5.99. The van der Waals surface area contributed by atoms with Crippen LogP contribution < -0.4 is 4.74 Å². The van der Waals surface area contributed by atoms with Gasteiger partial charge in [0.1, 0.15) is 18.1 Å². The van der Waals surface area contributed by atoms with Crippen LogP contribution in [0.25, 0.3) is 33.4 Å². The molecule has 0 atom stereocenters. The molecule has 2 aliphatic rings. The van der Waals surface area contributed by atoms with Gasteiger partial charge >= 0.3 is 0 Å². The molecule has 2 N–H and O–H groups in total. The van der Waals surface area contributed by atoms with Crippen LogP contribution in [0.5, 0.6) is 11.5 Å². The molecule has 6 rings (SSSR count). The van der Waals surface area contributed by atoms with E-state index in [2.05, 4.69) is 54.6 Å². The van der Waals surface area contributed by atoms with E-state index in [9.17, 15) is 10.2 Å². The van der Waals surface area contributed by atoms with Crippen molar-refractivity contribution in [2.75, 3.05) is 13.2 Å². The zero-order valence-electron chi connectivity index (χ0n) is 20.5. The van der Waals surface area contributed by atoms with Crippen LogP contribution in [0.2, 0.25) is 0 Å². The molecule has 4 aromatic carbocycles. The zero-order valence-corrected chi connectivity index (χ0v) is 20.5. The standard InChI is InChI=1S/C33H32O3/c34-18-19-36-32-17-14-24(20-29(32)22-8-2-1-3-9-22)25-15-16-28(27-12-6-7-13-31(27)35)33-26-11-5-4-10-23(26)21-30(25)33/h4-7,10-17,20,22,34-35H,1-3,8-9,18-19,21H2. The molecule has 4 aromatic rings. The second-order valence-electron chi connectivity index (χ2n) is 10.0. The summed E-state index contributed by atoms with van der Waals surface area (Å²) >= 11 is 0. The molecule has 0 spiro atoms. The van der Waals surface area contributed by atoms with Gasteiger partial charge in [-0.05, 0) is 87.9 Å². The topological polar surface area (TPSA) is 49.7 Å². The lowest BCUT2D eigenvalue weighted by Crippen LogP contribution is -2.09. The average molecular weight is 477 g/mol. The van der Waals surface area contributed by atoms with Crippen molar-refractivity contribution in [3.8, 4) is 44.9 Å². The van der Waals surface area contributed by atoms with Crippen LogP contribution in [0, 0.1) is 0 Å². The molecular weight excluding hydrogens is 444 g/mol. The average Bonchev–Trinajstić information content (AvgIpc) is 3.32. The molecule has 3 nitrogen and oxygen atoms in total. The summed E-state index contributed by atoms with van der Waals surface area (Å²) in [5.41, 5.74) is 10.8. The first-order valence-corrected chi connectivity index (χ1v) is 13.1. The summed E-state index contributed by atoms with van der Waals surface area (Å²) in [6.45, 7) is 0.338. The first kappa shape index (κ1) is 22.9. The number of fused-ring (bicyclic) bond motifs is 3. The molecule has 0 heterocycles. The highest BCUT2D eigenvalue weighted by Gasteiger charge is 2.27. The largest absolute Gasteiger partial charge is 0.507 e. The van der Waals surface area contributed by atoms with E-state index in [4.69, 9.17) is 4.74 Å². The third-order valence-corrected chi connectivity index (χ3v) is 7.88. The van der Waals surface area contributed by atoms with E-state index in [0.717, 1.165) is 23.3 Å². The van der Waals surface area contributed by atoms with Gasteiger partial charge < -0.3 is 14.9 Å². The van der Waals surface area contributed by atoms with Crippen LogP contribution >= 0.6 is 0 Å². The van der Waals surface area contributed by atoms with E-state index in [-0.39, 0.29) is 6.61 Å². The fourth-order valence-electron chi connectivity index (χ4n) is 6.18. The fourth-order valence-corrected chi connectivity index (χ4v) is 6.18. The number of phenolic OH excluding ortho intramolecular Hbond substituents is 1. The number of hydrogen-bond acceptors (Lipinski definition) is 3. The lowest BCUT2D eigenvalue weighted by Gasteiger charge is -2.25. The predicted octanol–water partition coefficient (Wildman–Crippen LogP) is 7.72. The summed E-state index contributed by atoms with van der Waals surface area (Å²) in [7, 11) is 0. The summed E-state index contributed by atoms with van der Waals surface area (Å²) in [6.07, 6.45) is 7.08. The Labute approximate surface area is 213 Å². The van der Waals surface area contributed by atoms with Gasteiger partial charge in [0.05, 0.1) is 6.61 Å². The third kappa shape index (κ3) is 4.08. The molecular formula is C33H32O3. The molecule has 0 saturated heterocycles. The Balaban J connectivity index is 1.51. The van der Waals surface area contributed by atoms with Gasteiger partial charge in [0.2, 0.25) is 0 Å². The van der Waals surface area contributed by atoms with E-state index in [1.165, 1.54) is 71.0 Å². The fraction of sp³-hybridized carbons (Fsp3) is 0.273. The van der Waals surface area contributed by atoms with Crippen LogP contribution in [-0.2, 0) is 6.42 Å². The number of benzene rings is 4. The normalized spacial score (nSPS) is 14.9. The molecule has 182 valence electrons.